The van der Waals surface area contributed by atoms with Crippen molar-refractivity contribution in [2.24, 2.45) is 0 Å². The van der Waals surface area contributed by atoms with E-state index in [1.165, 1.54) is 0 Å². The molecule has 7 heteroatoms. The van der Waals surface area contributed by atoms with Gasteiger partial charge >= 0.3 is 0 Å². The van der Waals surface area contributed by atoms with E-state index in [0.29, 0.717) is 37.8 Å². The zero-order chi connectivity index (χ0) is 23.3. The lowest BCUT2D eigenvalue weighted by Gasteiger charge is -2.29. The first kappa shape index (κ1) is 25.2. The molecule has 2 unspecified atom stereocenters. The van der Waals surface area contributed by atoms with E-state index in [1.807, 2.05) is 62.4 Å². The molecule has 0 saturated heterocycles. The molecule has 2 amide bonds. The monoisotopic (exact) mass is 442 g/mol. The van der Waals surface area contributed by atoms with Gasteiger partial charge in [-0.2, -0.15) is 0 Å². The summed E-state index contributed by atoms with van der Waals surface area (Å²) in [4.78, 5) is 26.7. The number of carbonyl (C=O) groups excluding carboxylic acids is 2. The van der Waals surface area contributed by atoms with Crippen molar-refractivity contribution in [2.75, 3.05) is 26.3 Å². The molecule has 0 aliphatic rings. The summed E-state index contributed by atoms with van der Waals surface area (Å²) >= 11 is 0. The van der Waals surface area contributed by atoms with Crippen LogP contribution in [0.25, 0.3) is 0 Å². The third-order valence-electron chi connectivity index (χ3n) is 4.76. The molecule has 0 heterocycles. The molecular formula is C25H34N2O5. The van der Waals surface area contributed by atoms with Crippen LogP contribution >= 0.6 is 0 Å². The number of rotatable bonds is 13. The minimum absolute atomic E-state index is 0.0172. The maximum Gasteiger partial charge on any atom is 0.263 e. The number of nitrogens with one attached hydrogen (secondary N) is 1. The van der Waals surface area contributed by atoms with Crippen molar-refractivity contribution in [1.82, 2.24) is 10.2 Å². The van der Waals surface area contributed by atoms with Crippen molar-refractivity contribution in [2.45, 2.75) is 45.9 Å². The van der Waals surface area contributed by atoms with Crippen LogP contribution < -0.4 is 14.8 Å². The first-order valence-corrected chi connectivity index (χ1v) is 11.0. The maximum absolute atomic E-state index is 12.8. The third kappa shape index (κ3) is 8.59. The zero-order valence-electron chi connectivity index (χ0n) is 19.3. The highest BCUT2D eigenvalue weighted by atomic mass is 16.5. The van der Waals surface area contributed by atoms with Gasteiger partial charge in [-0.15, -0.1) is 0 Å². The van der Waals surface area contributed by atoms with Gasteiger partial charge < -0.3 is 24.4 Å². The van der Waals surface area contributed by atoms with Crippen LogP contribution in [0.5, 0.6) is 11.5 Å². The Morgan fingerprint density at radius 2 is 1.34 bits per heavy atom. The molecule has 32 heavy (non-hydrogen) atoms. The molecule has 0 aliphatic carbocycles. The van der Waals surface area contributed by atoms with E-state index in [4.69, 9.17) is 14.2 Å². The average molecular weight is 443 g/mol. The fourth-order valence-corrected chi connectivity index (χ4v) is 3.02. The normalized spacial score (nSPS) is 12.7. The Labute approximate surface area is 190 Å². The van der Waals surface area contributed by atoms with Crippen LogP contribution in [0.2, 0.25) is 0 Å². The molecule has 0 saturated carbocycles. The van der Waals surface area contributed by atoms with Crippen molar-refractivity contribution in [3.05, 3.63) is 60.7 Å². The molecule has 2 rings (SSSR count). The highest BCUT2D eigenvalue weighted by molar-refractivity contribution is 5.81. The summed E-state index contributed by atoms with van der Waals surface area (Å²) in [7, 11) is 0. The van der Waals surface area contributed by atoms with Crippen LogP contribution in [-0.2, 0) is 14.3 Å². The molecule has 1 N–H and O–H groups in total. The molecule has 7 nitrogen and oxygen atoms in total. The van der Waals surface area contributed by atoms with Crippen LogP contribution in [0.1, 0.15) is 27.7 Å². The molecule has 0 spiro atoms. The number of nitrogens with zero attached hydrogens (tertiary/aromatic N) is 1. The fourth-order valence-electron chi connectivity index (χ4n) is 3.02. The number of para-hydroxylation sites is 2. The summed E-state index contributed by atoms with van der Waals surface area (Å²) in [6, 6.07) is 18.5. The van der Waals surface area contributed by atoms with Gasteiger partial charge in [0.05, 0.1) is 13.2 Å². The lowest BCUT2D eigenvalue weighted by Crippen LogP contribution is -2.46. The number of hydrogen-bond acceptors (Lipinski definition) is 5. The molecule has 2 aromatic rings. The second-order valence-corrected chi connectivity index (χ2v) is 7.68. The van der Waals surface area contributed by atoms with Crippen molar-refractivity contribution in [3.8, 4) is 11.5 Å². The van der Waals surface area contributed by atoms with Crippen LogP contribution in [0.3, 0.4) is 0 Å². The van der Waals surface area contributed by atoms with Crippen molar-refractivity contribution in [1.29, 1.82) is 0 Å². The van der Waals surface area contributed by atoms with Gasteiger partial charge in [-0.05, 0) is 52.0 Å². The Bertz CT molecular complexity index is 814. The van der Waals surface area contributed by atoms with E-state index in [2.05, 4.69) is 5.32 Å². The van der Waals surface area contributed by atoms with Gasteiger partial charge in [0.2, 0.25) is 0 Å². The Hall–Kier alpha value is -3.06. The predicted octanol–water partition coefficient (Wildman–Crippen LogP) is 3.29. The van der Waals surface area contributed by atoms with Gasteiger partial charge in [0, 0.05) is 19.1 Å². The van der Waals surface area contributed by atoms with Crippen LogP contribution in [0, 0.1) is 0 Å². The highest BCUT2D eigenvalue weighted by Gasteiger charge is 2.24. The maximum atomic E-state index is 12.8. The standard InChI is InChI=1S/C25H34N2O5/c1-19(2)27(25(29)21(4)32-23-13-9-6-10-14-23)16-18-30-17-15-26-24(28)20(3)31-22-11-7-5-8-12-22/h5-14,19-21H,15-18H2,1-4H3,(H,26,28). The molecule has 0 radical (unpaired) electrons. The lowest BCUT2D eigenvalue weighted by molar-refractivity contribution is -0.140. The van der Waals surface area contributed by atoms with Crippen molar-refractivity contribution < 1.29 is 23.8 Å². The molecule has 2 atom stereocenters. The average Bonchev–Trinajstić information content (AvgIpc) is 2.79. The molecule has 2 aromatic carbocycles. The van der Waals surface area contributed by atoms with Gasteiger partial charge in [-0.25, -0.2) is 0 Å². The Morgan fingerprint density at radius 1 is 0.812 bits per heavy atom. The number of amides is 2. The molecule has 0 fully saturated rings. The van der Waals surface area contributed by atoms with Gasteiger partial charge in [-0.3, -0.25) is 9.59 Å². The topological polar surface area (TPSA) is 77.1 Å². The first-order chi connectivity index (χ1) is 15.4. The van der Waals surface area contributed by atoms with E-state index in [9.17, 15) is 9.59 Å². The molecule has 0 aliphatic heterocycles. The SMILES string of the molecule is CC(Oc1ccccc1)C(=O)NCCOCCN(C(=O)C(C)Oc1ccccc1)C(C)C. The van der Waals surface area contributed by atoms with Gasteiger partial charge in [-0.1, -0.05) is 36.4 Å². The predicted molar refractivity (Wildman–Crippen MR) is 124 cm³/mol. The van der Waals surface area contributed by atoms with Crippen LogP contribution in [0.15, 0.2) is 60.7 Å². The van der Waals surface area contributed by atoms with E-state index in [-0.39, 0.29) is 17.9 Å². The summed E-state index contributed by atoms with van der Waals surface area (Å²) in [5, 5.41) is 2.79. The highest BCUT2D eigenvalue weighted by Crippen LogP contribution is 2.13. The minimum Gasteiger partial charge on any atom is -0.481 e. The van der Waals surface area contributed by atoms with Gasteiger partial charge in [0.15, 0.2) is 12.2 Å². The summed E-state index contributed by atoms with van der Waals surface area (Å²) in [5.41, 5.74) is 0. The van der Waals surface area contributed by atoms with Gasteiger partial charge in [0.25, 0.3) is 11.8 Å². The van der Waals surface area contributed by atoms with Crippen molar-refractivity contribution in [3.63, 3.8) is 0 Å². The molecule has 0 aromatic heterocycles. The van der Waals surface area contributed by atoms with E-state index >= 15 is 0 Å². The van der Waals surface area contributed by atoms with Crippen LogP contribution in [-0.4, -0.2) is 61.3 Å². The Balaban J connectivity index is 1.66. The van der Waals surface area contributed by atoms with E-state index in [0.717, 1.165) is 0 Å². The number of ether oxygens (including phenoxy) is 3. The second kappa shape index (κ2) is 13.4. The summed E-state index contributed by atoms with van der Waals surface area (Å²) in [6.45, 7) is 8.90. The van der Waals surface area contributed by atoms with E-state index in [1.54, 1.807) is 30.9 Å². The Kier molecular flexibility index (Phi) is 10.5. The quantitative estimate of drug-likeness (QED) is 0.482. The summed E-state index contributed by atoms with van der Waals surface area (Å²) in [6.07, 6.45) is -1.19. The number of benzene rings is 2. The lowest BCUT2D eigenvalue weighted by atomic mass is 10.2. The molecular weight excluding hydrogens is 408 g/mol. The molecule has 0 bridgehead atoms. The zero-order valence-corrected chi connectivity index (χ0v) is 19.3. The number of carbonyl (C=O) groups is 2. The first-order valence-electron chi connectivity index (χ1n) is 11.0. The second-order valence-electron chi connectivity index (χ2n) is 7.68. The smallest absolute Gasteiger partial charge is 0.263 e. The third-order valence-corrected chi connectivity index (χ3v) is 4.76. The molecule has 174 valence electrons. The van der Waals surface area contributed by atoms with Crippen LogP contribution in [0.4, 0.5) is 0 Å². The van der Waals surface area contributed by atoms with E-state index < -0.39 is 12.2 Å². The summed E-state index contributed by atoms with van der Waals surface area (Å²) in [5.74, 6) is 1.01. The Morgan fingerprint density at radius 3 is 1.88 bits per heavy atom. The minimum atomic E-state index is -0.599. The fraction of sp³-hybridized carbons (Fsp3) is 0.440. The van der Waals surface area contributed by atoms with Gasteiger partial charge in [0.1, 0.15) is 11.5 Å². The van der Waals surface area contributed by atoms with Crippen molar-refractivity contribution >= 4 is 11.8 Å². The summed E-state index contributed by atoms with van der Waals surface area (Å²) < 4.78 is 17.0. The number of hydrogen-bond donors (Lipinski definition) is 1. The largest absolute Gasteiger partial charge is 0.481 e.